The second kappa shape index (κ2) is 5.28. The zero-order valence-corrected chi connectivity index (χ0v) is 11.4. The Labute approximate surface area is 115 Å². The second-order valence-corrected chi connectivity index (χ2v) is 5.22. The highest BCUT2D eigenvalue weighted by atomic mass is 32.1. The molecule has 1 aromatic heterocycles. The Balaban J connectivity index is 1.70. The van der Waals surface area contributed by atoms with Gasteiger partial charge in [-0.2, -0.15) is 0 Å². The van der Waals surface area contributed by atoms with Crippen LogP contribution in [-0.4, -0.2) is 12.1 Å². The summed E-state index contributed by atoms with van der Waals surface area (Å²) < 4.78 is 6.35. The number of thiazole rings is 1. The van der Waals surface area contributed by atoms with Gasteiger partial charge >= 0.3 is 0 Å². The third-order valence-corrected chi connectivity index (χ3v) is 3.89. The molecule has 3 aromatic rings. The molecule has 0 bridgehead atoms. The van der Waals surface area contributed by atoms with Crippen molar-refractivity contribution in [2.24, 2.45) is 0 Å². The standard InChI is InChI=1S/C15H14N2OS/c1-18-12-8-6-11(7-9-12)10-16-15-17-13-4-2-3-5-14(13)19-15/h2-9H,10H2,1H3,(H,16,17). The number of ether oxygens (including phenoxy) is 1. The first-order chi connectivity index (χ1) is 9.35. The molecule has 2 aromatic carbocycles. The number of fused-ring (bicyclic) bond motifs is 1. The van der Waals surface area contributed by atoms with Gasteiger partial charge in [0.15, 0.2) is 5.13 Å². The fourth-order valence-electron chi connectivity index (χ4n) is 1.87. The van der Waals surface area contributed by atoms with Crippen LogP contribution >= 0.6 is 11.3 Å². The van der Waals surface area contributed by atoms with Crippen LogP contribution in [0.2, 0.25) is 0 Å². The average Bonchev–Trinajstić information content (AvgIpc) is 2.88. The lowest BCUT2D eigenvalue weighted by Crippen LogP contribution is -1.98. The van der Waals surface area contributed by atoms with Gasteiger partial charge in [0.25, 0.3) is 0 Å². The van der Waals surface area contributed by atoms with Gasteiger partial charge in [0.2, 0.25) is 0 Å². The van der Waals surface area contributed by atoms with E-state index in [1.165, 1.54) is 10.3 Å². The van der Waals surface area contributed by atoms with Crippen molar-refractivity contribution in [3.8, 4) is 5.75 Å². The van der Waals surface area contributed by atoms with E-state index in [-0.39, 0.29) is 0 Å². The van der Waals surface area contributed by atoms with Crippen LogP contribution in [0.1, 0.15) is 5.56 Å². The van der Waals surface area contributed by atoms with Gasteiger partial charge in [-0.25, -0.2) is 4.98 Å². The highest BCUT2D eigenvalue weighted by molar-refractivity contribution is 7.22. The maximum absolute atomic E-state index is 5.14. The van der Waals surface area contributed by atoms with E-state index in [2.05, 4.69) is 28.5 Å². The van der Waals surface area contributed by atoms with E-state index in [9.17, 15) is 0 Å². The molecule has 0 radical (unpaired) electrons. The van der Waals surface area contributed by atoms with Crippen LogP contribution in [0.3, 0.4) is 0 Å². The number of hydrogen-bond donors (Lipinski definition) is 1. The number of rotatable bonds is 4. The Kier molecular flexibility index (Phi) is 3.33. The molecule has 0 atom stereocenters. The Hall–Kier alpha value is -2.07. The molecule has 3 nitrogen and oxygen atoms in total. The molecule has 0 aliphatic carbocycles. The van der Waals surface area contributed by atoms with Crippen molar-refractivity contribution in [1.29, 1.82) is 0 Å². The lowest BCUT2D eigenvalue weighted by atomic mass is 10.2. The third-order valence-electron chi connectivity index (χ3n) is 2.90. The van der Waals surface area contributed by atoms with Gasteiger partial charge in [0.05, 0.1) is 17.3 Å². The Morgan fingerprint density at radius 3 is 2.63 bits per heavy atom. The van der Waals surface area contributed by atoms with Crippen LogP contribution in [0.15, 0.2) is 48.5 Å². The van der Waals surface area contributed by atoms with Gasteiger partial charge in [-0.15, -0.1) is 0 Å². The van der Waals surface area contributed by atoms with Crippen molar-refractivity contribution in [2.45, 2.75) is 6.54 Å². The molecule has 0 spiro atoms. The SMILES string of the molecule is COc1ccc(CNc2nc3ccccc3s2)cc1. The van der Waals surface area contributed by atoms with Gasteiger partial charge in [-0.3, -0.25) is 0 Å². The highest BCUT2D eigenvalue weighted by Gasteiger charge is 2.02. The van der Waals surface area contributed by atoms with Crippen LogP contribution in [0.25, 0.3) is 10.2 Å². The maximum Gasteiger partial charge on any atom is 0.184 e. The largest absolute Gasteiger partial charge is 0.497 e. The van der Waals surface area contributed by atoms with Crippen molar-refractivity contribution in [3.63, 3.8) is 0 Å². The van der Waals surface area contributed by atoms with Crippen LogP contribution in [0.4, 0.5) is 5.13 Å². The first kappa shape index (κ1) is 12.0. The molecule has 0 aliphatic rings. The molecule has 0 amide bonds. The Bertz CT molecular complexity index is 643. The Morgan fingerprint density at radius 2 is 1.89 bits per heavy atom. The number of para-hydroxylation sites is 1. The highest BCUT2D eigenvalue weighted by Crippen LogP contribution is 2.25. The summed E-state index contributed by atoms with van der Waals surface area (Å²) in [5.41, 5.74) is 2.25. The summed E-state index contributed by atoms with van der Waals surface area (Å²) in [6.07, 6.45) is 0. The molecule has 1 heterocycles. The van der Waals surface area contributed by atoms with E-state index in [4.69, 9.17) is 4.74 Å². The van der Waals surface area contributed by atoms with Gasteiger partial charge in [-0.05, 0) is 29.8 Å². The molecule has 1 N–H and O–H groups in total. The number of benzene rings is 2. The first-order valence-corrected chi connectivity index (χ1v) is 6.89. The lowest BCUT2D eigenvalue weighted by molar-refractivity contribution is 0.414. The van der Waals surface area contributed by atoms with E-state index in [1.807, 2.05) is 30.3 Å². The summed E-state index contributed by atoms with van der Waals surface area (Å²) in [5.74, 6) is 0.878. The predicted molar refractivity (Wildman–Crippen MR) is 79.9 cm³/mol. The van der Waals surface area contributed by atoms with Crippen molar-refractivity contribution in [2.75, 3.05) is 12.4 Å². The molecule has 96 valence electrons. The number of nitrogens with one attached hydrogen (secondary N) is 1. The number of anilines is 1. The zero-order chi connectivity index (χ0) is 13.1. The minimum Gasteiger partial charge on any atom is -0.497 e. The summed E-state index contributed by atoms with van der Waals surface area (Å²) in [4.78, 5) is 4.54. The van der Waals surface area contributed by atoms with E-state index in [1.54, 1.807) is 18.4 Å². The fraction of sp³-hybridized carbons (Fsp3) is 0.133. The molecule has 0 aliphatic heterocycles. The number of nitrogens with zero attached hydrogens (tertiary/aromatic N) is 1. The van der Waals surface area contributed by atoms with Crippen LogP contribution in [-0.2, 0) is 6.54 Å². The first-order valence-electron chi connectivity index (χ1n) is 6.07. The third kappa shape index (κ3) is 2.69. The average molecular weight is 270 g/mol. The van der Waals surface area contributed by atoms with E-state index < -0.39 is 0 Å². The lowest BCUT2D eigenvalue weighted by Gasteiger charge is -2.04. The second-order valence-electron chi connectivity index (χ2n) is 4.19. The van der Waals surface area contributed by atoms with Gasteiger partial charge in [0.1, 0.15) is 5.75 Å². The number of methoxy groups -OCH3 is 1. The molecule has 0 fully saturated rings. The molecular formula is C15H14N2OS. The van der Waals surface area contributed by atoms with Crippen molar-refractivity contribution in [3.05, 3.63) is 54.1 Å². The molecule has 3 rings (SSSR count). The smallest absolute Gasteiger partial charge is 0.184 e. The van der Waals surface area contributed by atoms with Crippen molar-refractivity contribution >= 4 is 26.7 Å². The van der Waals surface area contributed by atoms with Crippen LogP contribution in [0.5, 0.6) is 5.75 Å². The molecule has 0 saturated heterocycles. The fourth-order valence-corrected chi connectivity index (χ4v) is 2.73. The quantitative estimate of drug-likeness (QED) is 0.780. The van der Waals surface area contributed by atoms with E-state index >= 15 is 0 Å². The predicted octanol–water partition coefficient (Wildman–Crippen LogP) is 3.92. The van der Waals surface area contributed by atoms with Gasteiger partial charge in [0, 0.05) is 6.54 Å². The molecule has 0 unspecified atom stereocenters. The topological polar surface area (TPSA) is 34.1 Å². The summed E-state index contributed by atoms with van der Waals surface area (Å²) in [7, 11) is 1.67. The van der Waals surface area contributed by atoms with Crippen molar-refractivity contribution in [1.82, 2.24) is 4.98 Å². The molecule has 4 heteroatoms. The zero-order valence-electron chi connectivity index (χ0n) is 10.6. The summed E-state index contributed by atoms with van der Waals surface area (Å²) in [6, 6.07) is 16.2. The van der Waals surface area contributed by atoms with E-state index in [0.29, 0.717) is 0 Å². The normalized spacial score (nSPS) is 10.6. The van der Waals surface area contributed by atoms with Crippen LogP contribution in [0, 0.1) is 0 Å². The van der Waals surface area contributed by atoms with Gasteiger partial charge < -0.3 is 10.1 Å². The summed E-state index contributed by atoms with van der Waals surface area (Å²) in [6.45, 7) is 0.768. The van der Waals surface area contributed by atoms with E-state index in [0.717, 1.165) is 22.9 Å². The van der Waals surface area contributed by atoms with Gasteiger partial charge in [-0.1, -0.05) is 35.6 Å². The maximum atomic E-state index is 5.14. The minimum absolute atomic E-state index is 0.768. The molecular weight excluding hydrogens is 256 g/mol. The number of hydrogen-bond acceptors (Lipinski definition) is 4. The van der Waals surface area contributed by atoms with Crippen LogP contribution < -0.4 is 10.1 Å². The Morgan fingerprint density at radius 1 is 1.11 bits per heavy atom. The summed E-state index contributed by atoms with van der Waals surface area (Å²) >= 11 is 1.68. The minimum atomic E-state index is 0.768. The van der Waals surface area contributed by atoms with Crippen molar-refractivity contribution < 1.29 is 4.74 Å². The number of aromatic nitrogens is 1. The summed E-state index contributed by atoms with van der Waals surface area (Å²) in [5, 5.41) is 4.31. The monoisotopic (exact) mass is 270 g/mol. The molecule has 0 saturated carbocycles. The molecule has 19 heavy (non-hydrogen) atoms.